The highest BCUT2D eigenvalue weighted by molar-refractivity contribution is 7.91. The van der Waals surface area contributed by atoms with Crippen LogP contribution >= 0.6 is 11.6 Å². The van der Waals surface area contributed by atoms with Crippen LogP contribution in [0.5, 0.6) is 0 Å². The molecule has 5 nitrogen and oxygen atoms in total. The number of hydrogen-bond acceptors (Lipinski definition) is 4. The fourth-order valence-corrected chi connectivity index (χ4v) is 4.15. The Kier molecular flexibility index (Phi) is 3.77. The van der Waals surface area contributed by atoms with Crippen molar-refractivity contribution in [1.29, 1.82) is 0 Å². The Hall–Kier alpha value is -1.27. The lowest BCUT2D eigenvalue weighted by Crippen LogP contribution is -2.28. The first kappa shape index (κ1) is 13.2. The molecule has 0 aliphatic carbocycles. The van der Waals surface area contributed by atoms with Gasteiger partial charge in [0.15, 0.2) is 9.84 Å². The van der Waals surface area contributed by atoms with E-state index in [1.807, 2.05) is 6.07 Å². The summed E-state index contributed by atoms with van der Waals surface area (Å²) >= 11 is 5.83. The molecule has 2 atom stereocenters. The molecule has 2 rings (SSSR count). The first-order valence-corrected chi connectivity index (χ1v) is 7.59. The Morgan fingerprint density at radius 2 is 1.94 bits per heavy atom. The molecular formula is C11H12ClNO4S. The van der Waals surface area contributed by atoms with Crippen molar-refractivity contribution >= 4 is 33.2 Å². The van der Waals surface area contributed by atoms with Gasteiger partial charge in [0.1, 0.15) is 6.10 Å². The van der Waals surface area contributed by atoms with Crippen LogP contribution in [0, 0.1) is 0 Å². The van der Waals surface area contributed by atoms with Crippen molar-refractivity contribution in [3.05, 3.63) is 30.3 Å². The molecule has 1 aromatic rings. The number of hydrogen-bond donors (Lipinski definition) is 1. The third kappa shape index (κ3) is 3.36. The van der Waals surface area contributed by atoms with Gasteiger partial charge in [0.25, 0.3) is 0 Å². The highest BCUT2D eigenvalue weighted by atomic mass is 35.5. The number of amides is 1. The van der Waals surface area contributed by atoms with E-state index in [4.69, 9.17) is 16.3 Å². The summed E-state index contributed by atoms with van der Waals surface area (Å²) in [7, 11) is -3.20. The zero-order chi connectivity index (χ0) is 13.2. The fourth-order valence-electron chi connectivity index (χ4n) is 1.69. The molecule has 1 aliphatic rings. The van der Waals surface area contributed by atoms with E-state index in [0.717, 1.165) is 0 Å². The number of carbonyl (C=O) groups is 1. The van der Waals surface area contributed by atoms with Gasteiger partial charge < -0.3 is 4.74 Å². The first-order chi connectivity index (χ1) is 8.46. The van der Waals surface area contributed by atoms with Gasteiger partial charge in [-0.25, -0.2) is 13.2 Å². The molecule has 0 radical (unpaired) electrons. The van der Waals surface area contributed by atoms with E-state index in [1.165, 1.54) is 0 Å². The van der Waals surface area contributed by atoms with Crippen molar-refractivity contribution < 1.29 is 17.9 Å². The minimum absolute atomic E-state index is 0.155. The molecule has 1 saturated heterocycles. The van der Waals surface area contributed by atoms with E-state index in [1.54, 1.807) is 24.3 Å². The van der Waals surface area contributed by atoms with Gasteiger partial charge in [0.05, 0.1) is 16.9 Å². The van der Waals surface area contributed by atoms with Gasteiger partial charge in [0.2, 0.25) is 0 Å². The van der Waals surface area contributed by atoms with Crippen LogP contribution in [0.1, 0.15) is 0 Å². The number of ether oxygens (including phenoxy) is 1. The SMILES string of the molecule is O=C(Nc1ccccc1)O[C@@H]1CS(=O)(=O)C[C@@H]1Cl. The number of para-hydroxylation sites is 1. The molecule has 0 bridgehead atoms. The van der Waals surface area contributed by atoms with Gasteiger partial charge in [0, 0.05) is 5.69 Å². The van der Waals surface area contributed by atoms with Crippen LogP contribution in [0.3, 0.4) is 0 Å². The van der Waals surface area contributed by atoms with E-state index in [0.29, 0.717) is 5.69 Å². The molecule has 1 amide bonds. The van der Waals surface area contributed by atoms with Gasteiger partial charge in [-0.05, 0) is 12.1 Å². The second kappa shape index (κ2) is 5.16. The van der Waals surface area contributed by atoms with Crippen molar-refractivity contribution in [1.82, 2.24) is 0 Å². The summed E-state index contributed by atoms with van der Waals surface area (Å²) in [4.78, 5) is 11.5. The largest absolute Gasteiger partial charge is 0.443 e. The van der Waals surface area contributed by atoms with E-state index in [2.05, 4.69) is 5.32 Å². The Morgan fingerprint density at radius 3 is 2.50 bits per heavy atom. The average Bonchev–Trinajstić information content (AvgIpc) is 2.53. The van der Waals surface area contributed by atoms with Crippen LogP contribution in [-0.2, 0) is 14.6 Å². The maximum atomic E-state index is 11.5. The fraction of sp³-hybridized carbons (Fsp3) is 0.364. The molecule has 1 N–H and O–H groups in total. The number of carbonyl (C=O) groups excluding carboxylic acids is 1. The van der Waals surface area contributed by atoms with Gasteiger partial charge in [-0.2, -0.15) is 0 Å². The van der Waals surface area contributed by atoms with Crippen LogP contribution < -0.4 is 5.32 Å². The van der Waals surface area contributed by atoms with Crippen LogP contribution in [0.2, 0.25) is 0 Å². The predicted octanol–water partition coefficient (Wildman–Crippen LogP) is 1.64. The van der Waals surface area contributed by atoms with Crippen molar-refractivity contribution in [2.24, 2.45) is 0 Å². The zero-order valence-electron chi connectivity index (χ0n) is 9.37. The molecule has 0 aromatic heterocycles. The maximum Gasteiger partial charge on any atom is 0.411 e. The van der Waals surface area contributed by atoms with Crippen molar-refractivity contribution in [2.45, 2.75) is 11.5 Å². The zero-order valence-corrected chi connectivity index (χ0v) is 10.9. The van der Waals surface area contributed by atoms with Crippen LogP contribution in [-0.4, -0.2) is 37.5 Å². The number of halogens is 1. The van der Waals surface area contributed by atoms with Gasteiger partial charge in [-0.1, -0.05) is 18.2 Å². The molecule has 0 saturated carbocycles. The third-order valence-corrected chi connectivity index (χ3v) is 4.84. The van der Waals surface area contributed by atoms with Crippen molar-refractivity contribution in [2.75, 3.05) is 16.8 Å². The van der Waals surface area contributed by atoms with Gasteiger partial charge >= 0.3 is 6.09 Å². The molecule has 98 valence electrons. The minimum atomic E-state index is -3.20. The molecule has 1 aliphatic heterocycles. The third-order valence-electron chi connectivity index (χ3n) is 2.51. The Balaban J connectivity index is 1.93. The summed E-state index contributed by atoms with van der Waals surface area (Å²) in [6, 6.07) is 8.74. The molecular weight excluding hydrogens is 278 g/mol. The highest BCUT2D eigenvalue weighted by Gasteiger charge is 2.39. The average molecular weight is 290 g/mol. The van der Waals surface area contributed by atoms with Gasteiger partial charge in [-0.15, -0.1) is 11.6 Å². The van der Waals surface area contributed by atoms with E-state index in [-0.39, 0.29) is 11.5 Å². The van der Waals surface area contributed by atoms with Gasteiger partial charge in [-0.3, -0.25) is 5.32 Å². The Labute approximate surface area is 110 Å². The van der Waals surface area contributed by atoms with E-state index >= 15 is 0 Å². The number of sulfone groups is 1. The number of rotatable bonds is 2. The summed E-state index contributed by atoms with van der Waals surface area (Å²) in [5.41, 5.74) is 0.578. The van der Waals surface area contributed by atoms with E-state index in [9.17, 15) is 13.2 Å². The molecule has 1 aromatic carbocycles. The quantitative estimate of drug-likeness (QED) is 0.840. The predicted molar refractivity (Wildman–Crippen MR) is 68.6 cm³/mol. The highest BCUT2D eigenvalue weighted by Crippen LogP contribution is 2.21. The monoisotopic (exact) mass is 289 g/mol. The Morgan fingerprint density at radius 1 is 1.28 bits per heavy atom. The Bertz CT molecular complexity index is 531. The lowest BCUT2D eigenvalue weighted by Gasteiger charge is -2.14. The second-order valence-corrected chi connectivity index (χ2v) is 6.74. The van der Waals surface area contributed by atoms with Crippen molar-refractivity contribution in [3.8, 4) is 0 Å². The first-order valence-electron chi connectivity index (χ1n) is 5.33. The lowest BCUT2D eigenvalue weighted by molar-refractivity contribution is 0.125. The minimum Gasteiger partial charge on any atom is -0.443 e. The number of alkyl halides is 1. The summed E-state index contributed by atoms with van der Waals surface area (Å²) < 4.78 is 27.6. The maximum absolute atomic E-state index is 11.5. The summed E-state index contributed by atoms with van der Waals surface area (Å²) in [5.74, 6) is -0.374. The molecule has 1 fully saturated rings. The number of benzene rings is 1. The summed E-state index contributed by atoms with van der Waals surface area (Å²) in [6.07, 6.45) is -1.49. The molecule has 1 heterocycles. The molecule has 7 heteroatoms. The normalized spacial score (nSPS) is 25.6. The molecule has 0 spiro atoms. The summed E-state index contributed by atoms with van der Waals surface area (Å²) in [5, 5.41) is 1.82. The number of anilines is 1. The summed E-state index contributed by atoms with van der Waals surface area (Å²) in [6.45, 7) is 0. The van der Waals surface area contributed by atoms with Crippen molar-refractivity contribution in [3.63, 3.8) is 0 Å². The standard InChI is InChI=1S/C11H12ClNO4S/c12-9-6-18(15,16)7-10(9)17-11(14)13-8-4-2-1-3-5-8/h1-5,9-10H,6-7H2,(H,13,14)/t9-,10+/m0/s1. The van der Waals surface area contributed by atoms with E-state index < -0.39 is 27.4 Å². The second-order valence-electron chi connectivity index (χ2n) is 4.03. The lowest BCUT2D eigenvalue weighted by atomic mass is 10.3. The molecule has 18 heavy (non-hydrogen) atoms. The topological polar surface area (TPSA) is 72.5 Å². The van der Waals surface area contributed by atoms with Crippen LogP contribution in [0.15, 0.2) is 30.3 Å². The molecule has 0 unspecified atom stereocenters. The smallest absolute Gasteiger partial charge is 0.411 e. The number of nitrogens with one attached hydrogen (secondary N) is 1. The van der Waals surface area contributed by atoms with Crippen LogP contribution in [0.25, 0.3) is 0 Å². The van der Waals surface area contributed by atoms with Crippen LogP contribution in [0.4, 0.5) is 10.5 Å².